The lowest BCUT2D eigenvalue weighted by Gasteiger charge is -2.33. The minimum absolute atomic E-state index is 0.327. The van der Waals surface area contributed by atoms with Crippen LogP contribution >= 0.6 is 0 Å². The van der Waals surface area contributed by atoms with Gasteiger partial charge < -0.3 is 10.0 Å². The highest BCUT2D eigenvalue weighted by molar-refractivity contribution is 5.67. The predicted molar refractivity (Wildman–Crippen MR) is 41.9 cm³/mol. The summed E-state index contributed by atoms with van der Waals surface area (Å²) < 4.78 is 0. The highest BCUT2D eigenvalue weighted by Crippen LogP contribution is 2.19. The Kier molecular flexibility index (Phi) is 2.88. The third-order valence-corrected chi connectivity index (χ3v) is 2.17. The van der Waals surface area contributed by atoms with Gasteiger partial charge in [-0.1, -0.05) is 0 Å². The van der Waals surface area contributed by atoms with Crippen LogP contribution in [0.3, 0.4) is 0 Å². The fourth-order valence-corrected chi connectivity index (χ4v) is 1.44. The number of aliphatic carboxylic acids is 1. The molecule has 1 heterocycles. The zero-order valence-corrected chi connectivity index (χ0v) is 6.62. The number of hydrogen-bond donors (Lipinski definition) is 1. The van der Waals surface area contributed by atoms with Crippen molar-refractivity contribution in [2.45, 2.75) is 19.3 Å². The SMILES string of the molecule is [CH2-]N1CCC(CC(=O)O)CC1. The molecule has 0 aromatic rings. The van der Waals surface area contributed by atoms with E-state index in [0.717, 1.165) is 25.9 Å². The maximum absolute atomic E-state index is 10.3. The lowest BCUT2D eigenvalue weighted by atomic mass is 9.94. The van der Waals surface area contributed by atoms with Crippen LogP contribution in [0.25, 0.3) is 0 Å². The summed E-state index contributed by atoms with van der Waals surface area (Å²) in [5, 5.41) is 8.50. The van der Waals surface area contributed by atoms with Crippen molar-refractivity contribution < 1.29 is 9.90 Å². The molecule has 0 unspecified atom stereocenters. The second kappa shape index (κ2) is 3.72. The average Bonchev–Trinajstić information content (AvgIpc) is 1.93. The minimum atomic E-state index is -0.674. The van der Waals surface area contributed by atoms with Crippen molar-refractivity contribution in [3.63, 3.8) is 0 Å². The van der Waals surface area contributed by atoms with E-state index in [0.29, 0.717) is 12.3 Å². The Balaban J connectivity index is 2.22. The predicted octanol–water partition coefficient (Wildman–Crippen LogP) is 0.965. The van der Waals surface area contributed by atoms with Gasteiger partial charge in [-0.15, -0.1) is 0 Å². The zero-order chi connectivity index (χ0) is 8.27. The molecule has 0 bridgehead atoms. The van der Waals surface area contributed by atoms with Gasteiger partial charge in [0.15, 0.2) is 0 Å². The van der Waals surface area contributed by atoms with Crippen LogP contribution in [0.5, 0.6) is 0 Å². The number of carboxylic acids is 1. The molecule has 0 saturated carbocycles. The van der Waals surface area contributed by atoms with E-state index in [1.165, 1.54) is 0 Å². The molecule has 1 saturated heterocycles. The van der Waals surface area contributed by atoms with Gasteiger partial charge >= 0.3 is 5.97 Å². The van der Waals surface area contributed by atoms with E-state index in [2.05, 4.69) is 7.05 Å². The standard InChI is InChI=1S/C8H14NO2/c1-9-4-2-7(3-5-9)6-8(10)11/h7H,1-6H2,(H,10,11)/q-1. The van der Waals surface area contributed by atoms with Crippen molar-refractivity contribution in [3.05, 3.63) is 7.05 Å². The van der Waals surface area contributed by atoms with Crippen molar-refractivity contribution in [1.29, 1.82) is 0 Å². The van der Waals surface area contributed by atoms with Crippen LogP contribution in [0, 0.1) is 13.0 Å². The molecule has 64 valence electrons. The number of carboxylic acid groups (broad SMARTS) is 1. The summed E-state index contributed by atoms with van der Waals surface area (Å²) in [6.07, 6.45) is 2.29. The second-order valence-corrected chi connectivity index (χ2v) is 3.16. The van der Waals surface area contributed by atoms with Crippen molar-refractivity contribution in [3.8, 4) is 0 Å². The van der Waals surface area contributed by atoms with Crippen molar-refractivity contribution in [2.24, 2.45) is 5.92 Å². The van der Waals surface area contributed by atoms with Gasteiger partial charge in [-0.05, 0) is 31.8 Å². The Morgan fingerprint density at radius 1 is 1.55 bits per heavy atom. The smallest absolute Gasteiger partial charge is 0.303 e. The van der Waals surface area contributed by atoms with E-state index in [4.69, 9.17) is 5.11 Å². The molecule has 1 N–H and O–H groups in total. The van der Waals surface area contributed by atoms with E-state index < -0.39 is 5.97 Å². The fraction of sp³-hybridized carbons (Fsp3) is 0.750. The van der Waals surface area contributed by atoms with Crippen LogP contribution in [0.1, 0.15) is 19.3 Å². The lowest BCUT2D eigenvalue weighted by Crippen LogP contribution is -2.29. The van der Waals surface area contributed by atoms with Crippen molar-refractivity contribution in [1.82, 2.24) is 4.90 Å². The molecule has 0 amide bonds. The molecule has 0 spiro atoms. The van der Waals surface area contributed by atoms with Crippen LogP contribution in [-0.2, 0) is 4.79 Å². The molecule has 1 aliphatic heterocycles. The maximum Gasteiger partial charge on any atom is 0.303 e. The topological polar surface area (TPSA) is 40.5 Å². The monoisotopic (exact) mass is 156 g/mol. The summed E-state index contributed by atoms with van der Waals surface area (Å²) in [5.41, 5.74) is 0. The van der Waals surface area contributed by atoms with Crippen LogP contribution in [0.2, 0.25) is 0 Å². The van der Waals surface area contributed by atoms with Crippen LogP contribution in [-0.4, -0.2) is 29.1 Å². The Morgan fingerprint density at radius 2 is 2.09 bits per heavy atom. The molecular weight excluding hydrogens is 142 g/mol. The van der Waals surface area contributed by atoms with Gasteiger partial charge in [-0.3, -0.25) is 11.8 Å². The van der Waals surface area contributed by atoms with E-state index in [9.17, 15) is 4.79 Å². The van der Waals surface area contributed by atoms with Crippen LogP contribution in [0.15, 0.2) is 0 Å². The molecule has 1 fully saturated rings. The molecule has 3 nitrogen and oxygen atoms in total. The lowest BCUT2D eigenvalue weighted by molar-refractivity contribution is -0.138. The maximum atomic E-state index is 10.3. The summed E-state index contributed by atoms with van der Waals surface area (Å²) in [4.78, 5) is 12.3. The summed E-state index contributed by atoms with van der Waals surface area (Å²) in [6, 6.07) is 0. The summed E-state index contributed by atoms with van der Waals surface area (Å²) in [7, 11) is 3.80. The Labute approximate surface area is 67.0 Å². The summed E-state index contributed by atoms with van der Waals surface area (Å²) in [6.45, 7) is 1.88. The Bertz CT molecular complexity index is 139. The Hall–Kier alpha value is -0.570. The highest BCUT2D eigenvalue weighted by atomic mass is 16.4. The number of rotatable bonds is 2. The van der Waals surface area contributed by atoms with Gasteiger partial charge in [-0.25, -0.2) is 0 Å². The number of likely N-dealkylation sites (tertiary alicyclic amines) is 1. The fourth-order valence-electron chi connectivity index (χ4n) is 1.44. The normalized spacial score (nSPS) is 21.9. The van der Waals surface area contributed by atoms with Crippen molar-refractivity contribution in [2.75, 3.05) is 13.1 Å². The molecule has 11 heavy (non-hydrogen) atoms. The summed E-state index contributed by atoms with van der Waals surface area (Å²) in [5.74, 6) is -0.294. The summed E-state index contributed by atoms with van der Waals surface area (Å²) >= 11 is 0. The molecule has 0 atom stereocenters. The first-order valence-electron chi connectivity index (χ1n) is 3.95. The van der Waals surface area contributed by atoms with E-state index in [1.54, 1.807) is 0 Å². The molecule has 1 aliphatic rings. The first-order chi connectivity index (χ1) is 5.18. The average molecular weight is 156 g/mol. The quantitative estimate of drug-likeness (QED) is 0.605. The first-order valence-corrected chi connectivity index (χ1v) is 3.95. The van der Waals surface area contributed by atoms with E-state index in [1.807, 2.05) is 4.90 Å². The minimum Gasteiger partial charge on any atom is -0.481 e. The van der Waals surface area contributed by atoms with Crippen molar-refractivity contribution >= 4 is 5.97 Å². The Morgan fingerprint density at radius 3 is 2.55 bits per heavy atom. The number of carbonyl (C=O) groups is 1. The van der Waals surface area contributed by atoms with Gasteiger partial charge in [0.05, 0.1) is 0 Å². The molecule has 3 heteroatoms. The van der Waals surface area contributed by atoms with E-state index in [-0.39, 0.29) is 0 Å². The van der Waals surface area contributed by atoms with Gasteiger partial charge in [0.2, 0.25) is 0 Å². The highest BCUT2D eigenvalue weighted by Gasteiger charge is 2.16. The first kappa shape index (κ1) is 8.53. The van der Waals surface area contributed by atoms with Gasteiger partial charge in [0, 0.05) is 6.42 Å². The largest absolute Gasteiger partial charge is 0.481 e. The number of piperidine rings is 1. The number of nitrogens with zero attached hydrogens (tertiary/aromatic N) is 1. The second-order valence-electron chi connectivity index (χ2n) is 3.16. The van der Waals surface area contributed by atoms with Crippen LogP contribution in [0.4, 0.5) is 0 Å². The molecule has 0 aliphatic carbocycles. The third kappa shape index (κ3) is 2.89. The molecule has 0 radical (unpaired) electrons. The van der Waals surface area contributed by atoms with Gasteiger partial charge in [0.1, 0.15) is 0 Å². The molecule has 1 rings (SSSR count). The third-order valence-electron chi connectivity index (χ3n) is 2.17. The van der Waals surface area contributed by atoms with E-state index >= 15 is 0 Å². The number of hydrogen-bond acceptors (Lipinski definition) is 2. The van der Waals surface area contributed by atoms with Gasteiger partial charge in [0.25, 0.3) is 0 Å². The molecule has 0 aromatic carbocycles. The molecule has 0 aromatic heterocycles. The van der Waals surface area contributed by atoms with Crippen LogP contribution < -0.4 is 0 Å². The molecular formula is C8H14NO2-. The van der Waals surface area contributed by atoms with Gasteiger partial charge in [-0.2, -0.15) is 0 Å². The zero-order valence-electron chi connectivity index (χ0n) is 6.62.